The van der Waals surface area contributed by atoms with Gasteiger partial charge in [0.15, 0.2) is 0 Å². The molecule has 0 spiro atoms. The van der Waals surface area contributed by atoms with Crippen LogP contribution in [0.3, 0.4) is 0 Å². The van der Waals surface area contributed by atoms with Gasteiger partial charge in [-0.05, 0) is 28.8 Å². The molecule has 80 valence electrons. The Bertz CT molecular complexity index is 317. The molecule has 0 aromatic carbocycles. The van der Waals surface area contributed by atoms with Gasteiger partial charge in [-0.3, -0.25) is 4.68 Å². The molecule has 3 nitrogen and oxygen atoms in total. The molecule has 0 radical (unpaired) electrons. The fraction of sp³-hybridized carbons (Fsp3) is 0.700. The number of hydrogen-bond donors (Lipinski definition) is 1. The standard InChI is InChI=1S/C10H18BrN3/c1-6(2)8(12)5-9-10(11)7(3)13-14(9)4/h6,8H,5,12H2,1-4H3. The molecule has 0 aliphatic heterocycles. The van der Waals surface area contributed by atoms with E-state index in [0.29, 0.717) is 5.92 Å². The molecular weight excluding hydrogens is 242 g/mol. The second kappa shape index (κ2) is 4.45. The van der Waals surface area contributed by atoms with E-state index < -0.39 is 0 Å². The molecule has 0 aliphatic carbocycles. The summed E-state index contributed by atoms with van der Waals surface area (Å²) in [5.74, 6) is 0.497. The Balaban J connectivity index is 2.86. The highest BCUT2D eigenvalue weighted by Gasteiger charge is 2.15. The fourth-order valence-electron chi connectivity index (χ4n) is 1.36. The van der Waals surface area contributed by atoms with Gasteiger partial charge in [-0.1, -0.05) is 13.8 Å². The molecule has 0 saturated heterocycles. The van der Waals surface area contributed by atoms with Crippen LogP contribution in [0.15, 0.2) is 4.47 Å². The van der Waals surface area contributed by atoms with E-state index in [1.807, 2.05) is 18.7 Å². The van der Waals surface area contributed by atoms with E-state index in [9.17, 15) is 0 Å². The van der Waals surface area contributed by atoms with Crippen LogP contribution in [0.2, 0.25) is 0 Å². The van der Waals surface area contributed by atoms with Crippen molar-refractivity contribution in [2.45, 2.75) is 33.2 Å². The zero-order valence-corrected chi connectivity index (χ0v) is 10.8. The molecule has 4 heteroatoms. The Morgan fingerprint density at radius 1 is 1.50 bits per heavy atom. The molecule has 0 amide bonds. The van der Waals surface area contributed by atoms with Crippen LogP contribution < -0.4 is 5.73 Å². The first kappa shape index (κ1) is 11.7. The van der Waals surface area contributed by atoms with Crippen LogP contribution in [0.25, 0.3) is 0 Å². The summed E-state index contributed by atoms with van der Waals surface area (Å²) in [5, 5.41) is 4.34. The Kier molecular flexibility index (Phi) is 3.72. The number of hydrogen-bond acceptors (Lipinski definition) is 2. The van der Waals surface area contributed by atoms with E-state index in [0.717, 1.165) is 16.6 Å². The first-order valence-electron chi connectivity index (χ1n) is 4.87. The van der Waals surface area contributed by atoms with E-state index >= 15 is 0 Å². The Morgan fingerprint density at radius 3 is 2.43 bits per heavy atom. The van der Waals surface area contributed by atoms with Gasteiger partial charge in [0.1, 0.15) is 0 Å². The summed E-state index contributed by atoms with van der Waals surface area (Å²) >= 11 is 3.54. The highest BCUT2D eigenvalue weighted by molar-refractivity contribution is 9.10. The Morgan fingerprint density at radius 2 is 2.07 bits per heavy atom. The van der Waals surface area contributed by atoms with Crippen LogP contribution in [-0.2, 0) is 13.5 Å². The van der Waals surface area contributed by atoms with E-state index in [1.165, 1.54) is 5.69 Å². The molecule has 1 atom stereocenters. The van der Waals surface area contributed by atoms with Gasteiger partial charge in [-0.2, -0.15) is 5.10 Å². The smallest absolute Gasteiger partial charge is 0.0738 e. The van der Waals surface area contributed by atoms with Crippen LogP contribution in [0, 0.1) is 12.8 Å². The summed E-state index contributed by atoms with van der Waals surface area (Å²) in [6.07, 6.45) is 0.871. The predicted molar refractivity (Wildman–Crippen MR) is 62.2 cm³/mol. The van der Waals surface area contributed by atoms with Gasteiger partial charge in [-0.15, -0.1) is 0 Å². The zero-order chi connectivity index (χ0) is 10.9. The van der Waals surface area contributed by atoms with Crippen molar-refractivity contribution in [2.24, 2.45) is 18.7 Å². The van der Waals surface area contributed by atoms with Crippen LogP contribution in [0.5, 0.6) is 0 Å². The Hall–Kier alpha value is -0.350. The topological polar surface area (TPSA) is 43.8 Å². The summed E-state index contributed by atoms with van der Waals surface area (Å²) < 4.78 is 3.00. The van der Waals surface area contributed by atoms with Crippen molar-refractivity contribution < 1.29 is 0 Å². The summed E-state index contributed by atoms with van der Waals surface area (Å²) in [5.41, 5.74) is 8.24. The lowest BCUT2D eigenvalue weighted by atomic mass is 10.0. The van der Waals surface area contributed by atoms with Gasteiger partial charge in [-0.25, -0.2) is 0 Å². The minimum Gasteiger partial charge on any atom is -0.327 e. The minimum atomic E-state index is 0.195. The number of nitrogens with two attached hydrogens (primary N) is 1. The molecule has 2 N–H and O–H groups in total. The van der Waals surface area contributed by atoms with Crippen molar-refractivity contribution in [3.05, 3.63) is 15.9 Å². The summed E-state index contributed by atoms with van der Waals surface area (Å²) in [6, 6.07) is 0.195. The monoisotopic (exact) mass is 259 g/mol. The number of aryl methyl sites for hydroxylation is 2. The maximum atomic E-state index is 6.03. The summed E-state index contributed by atoms with van der Waals surface area (Å²) in [6.45, 7) is 6.28. The molecule has 0 saturated carbocycles. The molecule has 14 heavy (non-hydrogen) atoms. The van der Waals surface area contributed by atoms with E-state index in [-0.39, 0.29) is 6.04 Å². The van der Waals surface area contributed by atoms with Crippen molar-refractivity contribution in [3.8, 4) is 0 Å². The molecule has 0 bridgehead atoms. The average molecular weight is 260 g/mol. The predicted octanol–water partition coefficient (Wildman–Crippen LogP) is 2.02. The molecule has 1 aromatic rings. The summed E-state index contributed by atoms with van der Waals surface area (Å²) in [4.78, 5) is 0. The van der Waals surface area contributed by atoms with Gasteiger partial charge >= 0.3 is 0 Å². The van der Waals surface area contributed by atoms with Crippen molar-refractivity contribution in [2.75, 3.05) is 0 Å². The van der Waals surface area contributed by atoms with Gasteiger partial charge in [0, 0.05) is 19.5 Å². The first-order chi connectivity index (χ1) is 6.43. The second-order valence-corrected chi connectivity index (χ2v) is 4.87. The minimum absolute atomic E-state index is 0.195. The molecule has 1 heterocycles. The lowest BCUT2D eigenvalue weighted by Crippen LogP contribution is -2.29. The average Bonchev–Trinajstić information content (AvgIpc) is 2.32. The lowest BCUT2D eigenvalue weighted by Gasteiger charge is -2.15. The maximum Gasteiger partial charge on any atom is 0.0738 e. The van der Waals surface area contributed by atoms with Crippen molar-refractivity contribution in [1.29, 1.82) is 0 Å². The van der Waals surface area contributed by atoms with E-state index in [1.54, 1.807) is 0 Å². The molecule has 1 rings (SSSR count). The third kappa shape index (κ3) is 2.36. The van der Waals surface area contributed by atoms with Crippen LogP contribution in [-0.4, -0.2) is 15.8 Å². The quantitative estimate of drug-likeness (QED) is 0.903. The highest BCUT2D eigenvalue weighted by Crippen LogP contribution is 2.22. The van der Waals surface area contributed by atoms with Crippen molar-refractivity contribution >= 4 is 15.9 Å². The van der Waals surface area contributed by atoms with Gasteiger partial charge in [0.2, 0.25) is 0 Å². The van der Waals surface area contributed by atoms with E-state index in [4.69, 9.17) is 5.73 Å². The maximum absolute atomic E-state index is 6.03. The third-order valence-corrected chi connectivity index (χ3v) is 3.58. The Labute approximate surface area is 93.8 Å². The molecule has 0 fully saturated rings. The number of nitrogens with zero attached hydrogens (tertiary/aromatic N) is 2. The molecule has 1 aromatic heterocycles. The fourth-order valence-corrected chi connectivity index (χ4v) is 1.86. The SMILES string of the molecule is Cc1nn(C)c(CC(N)C(C)C)c1Br. The second-order valence-electron chi connectivity index (χ2n) is 4.08. The molecule has 1 unspecified atom stereocenters. The van der Waals surface area contributed by atoms with Crippen LogP contribution in [0.1, 0.15) is 25.2 Å². The normalized spacial score (nSPS) is 13.6. The largest absolute Gasteiger partial charge is 0.327 e. The lowest BCUT2D eigenvalue weighted by molar-refractivity contribution is 0.477. The van der Waals surface area contributed by atoms with Gasteiger partial charge in [0.25, 0.3) is 0 Å². The van der Waals surface area contributed by atoms with Crippen molar-refractivity contribution in [3.63, 3.8) is 0 Å². The molecular formula is C10H18BrN3. The zero-order valence-electron chi connectivity index (χ0n) is 9.21. The number of aromatic nitrogens is 2. The third-order valence-electron chi connectivity index (χ3n) is 2.55. The van der Waals surface area contributed by atoms with Crippen LogP contribution in [0.4, 0.5) is 0 Å². The first-order valence-corrected chi connectivity index (χ1v) is 5.66. The molecule has 0 aliphatic rings. The van der Waals surface area contributed by atoms with E-state index in [2.05, 4.69) is 34.9 Å². The number of halogens is 1. The summed E-state index contributed by atoms with van der Waals surface area (Å²) in [7, 11) is 1.96. The van der Waals surface area contributed by atoms with Gasteiger partial charge in [0.05, 0.1) is 15.9 Å². The van der Waals surface area contributed by atoms with Crippen molar-refractivity contribution in [1.82, 2.24) is 9.78 Å². The highest BCUT2D eigenvalue weighted by atomic mass is 79.9. The van der Waals surface area contributed by atoms with Crippen LogP contribution >= 0.6 is 15.9 Å². The number of rotatable bonds is 3. The van der Waals surface area contributed by atoms with Gasteiger partial charge < -0.3 is 5.73 Å².